The topological polar surface area (TPSA) is 101 Å². The molecule has 2 aliphatic rings. The summed E-state index contributed by atoms with van der Waals surface area (Å²) in [5.74, 6) is -5.12. The first-order valence-corrected chi connectivity index (χ1v) is 15.7. The van der Waals surface area contributed by atoms with Crippen LogP contribution in [-0.4, -0.2) is 70.7 Å². The van der Waals surface area contributed by atoms with E-state index in [4.69, 9.17) is 27.9 Å². The second kappa shape index (κ2) is 14.1. The summed E-state index contributed by atoms with van der Waals surface area (Å²) in [4.78, 5) is 31.2. The average molecular weight is 728 g/mol. The van der Waals surface area contributed by atoms with E-state index in [0.717, 1.165) is 4.90 Å². The largest absolute Gasteiger partial charge is 0.487 e. The van der Waals surface area contributed by atoms with Crippen molar-refractivity contribution >= 4 is 57.8 Å². The van der Waals surface area contributed by atoms with Crippen LogP contribution in [-0.2, 0) is 13.6 Å². The molecule has 0 spiro atoms. The van der Waals surface area contributed by atoms with Gasteiger partial charge in [-0.2, -0.15) is 13.2 Å². The number of carbonyl (C=O) groups is 2. The van der Waals surface area contributed by atoms with Crippen LogP contribution in [0, 0.1) is 5.92 Å². The summed E-state index contributed by atoms with van der Waals surface area (Å²) in [6.07, 6.45) is -7.69. The van der Waals surface area contributed by atoms with Crippen LogP contribution in [0.3, 0.4) is 0 Å². The summed E-state index contributed by atoms with van der Waals surface area (Å²) in [6.45, 7) is -1.89. The zero-order chi connectivity index (χ0) is 35.0. The predicted octanol–water partition coefficient (Wildman–Crippen LogP) is 7.67. The number of nitrogens with one attached hydrogen (secondary N) is 3. The van der Waals surface area contributed by atoms with Gasteiger partial charge in [-0.25, -0.2) is 27.3 Å². The van der Waals surface area contributed by atoms with Crippen molar-refractivity contribution in [2.24, 2.45) is 13.0 Å². The third kappa shape index (κ3) is 8.13. The van der Waals surface area contributed by atoms with E-state index < -0.39 is 62.0 Å². The number of likely N-dealkylation sites (tertiary alicyclic amines) is 1. The van der Waals surface area contributed by atoms with Crippen LogP contribution >= 0.6 is 23.2 Å². The third-order valence-electron chi connectivity index (χ3n) is 8.41. The molecule has 1 saturated carbocycles. The number of aromatic nitrogens is 2. The van der Waals surface area contributed by atoms with E-state index in [0.29, 0.717) is 11.1 Å². The molecule has 9 nitrogen and oxygen atoms in total. The number of imidazole rings is 1. The number of urea groups is 1. The van der Waals surface area contributed by atoms with E-state index in [1.807, 2.05) is 0 Å². The van der Waals surface area contributed by atoms with E-state index in [9.17, 15) is 40.3 Å². The Kier molecular flexibility index (Phi) is 10.4. The minimum Gasteiger partial charge on any atom is -0.487 e. The van der Waals surface area contributed by atoms with E-state index in [2.05, 4.69) is 20.9 Å². The highest BCUT2D eigenvalue weighted by atomic mass is 35.5. The predicted molar refractivity (Wildman–Crippen MR) is 165 cm³/mol. The smallest absolute Gasteiger partial charge is 0.391 e. The number of ether oxygens (including phenoxy) is 1. The first kappa shape index (κ1) is 35.6. The molecule has 1 aliphatic heterocycles. The first-order valence-electron chi connectivity index (χ1n) is 15.0. The molecule has 2 fully saturated rings. The van der Waals surface area contributed by atoms with Crippen molar-refractivity contribution in [3.8, 4) is 5.75 Å². The monoisotopic (exact) mass is 726 g/mol. The van der Waals surface area contributed by atoms with Crippen LogP contribution < -0.4 is 20.7 Å². The molecule has 2 heterocycles. The molecule has 3 N–H and O–H groups in total. The van der Waals surface area contributed by atoms with Gasteiger partial charge in [-0.3, -0.25) is 4.79 Å². The van der Waals surface area contributed by atoms with E-state index >= 15 is 0 Å². The van der Waals surface area contributed by atoms with Gasteiger partial charge in [-0.15, -0.1) is 0 Å². The Hall–Kier alpha value is -3.66. The molecule has 2 aromatic carbocycles. The Bertz CT molecular complexity index is 1680. The lowest BCUT2D eigenvalue weighted by molar-refractivity contribution is -0.182. The molecular formula is C30H31Cl2F7N6O3. The standard InChI is InChI=1S/C30H31Cl2F7N6O3/c1-44-21-11-22(48-13-23(33)34)18(26(46)41-17-5-3-16(4-6-17)30(37,38)39)10-20(21)42-27(44)43-25-19(31)7-2-15(24(25)32)12-40-28(47)45-9-8-29(35,36)14-45/h2,7,10-11,16-17,23H,3-6,8-9,12-14H2,1H3,(H,40,47)(H,41,46)(H,42,43). The fourth-order valence-corrected chi connectivity index (χ4v) is 6.29. The average Bonchev–Trinajstić information content (AvgIpc) is 3.54. The van der Waals surface area contributed by atoms with Crippen molar-refractivity contribution < 1.29 is 45.1 Å². The molecule has 18 heteroatoms. The summed E-state index contributed by atoms with van der Waals surface area (Å²) in [7, 11) is 1.59. The van der Waals surface area contributed by atoms with Gasteiger partial charge < -0.3 is 30.2 Å². The van der Waals surface area contributed by atoms with Gasteiger partial charge in [0.15, 0.2) is 0 Å². The fraction of sp³-hybridized carbons (Fsp3) is 0.500. The molecule has 1 aliphatic carbocycles. The van der Waals surface area contributed by atoms with Crippen molar-refractivity contribution in [1.29, 1.82) is 0 Å². The Morgan fingerprint density at radius 2 is 1.83 bits per heavy atom. The fourth-order valence-electron chi connectivity index (χ4n) is 5.76. The lowest BCUT2D eigenvalue weighted by Crippen LogP contribution is -2.40. The van der Waals surface area contributed by atoms with Gasteiger partial charge >= 0.3 is 12.2 Å². The number of alkyl halides is 7. The zero-order valence-corrected chi connectivity index (χ0v) is 26.9. The number of rotatable bonds is 9. The van der Waals surface area contributed by atoms with Crippen molar-refractivity contribution in [3.05, 3.63) is 45.4 Å². The van der Waals surface area contributed by atoms with Gasteiger partial charge in [-0.05, 0) is 43.4 Å². The number of amides is 3. The van der Waals surface area contributed by atoms with Gasteiger partial charge in [0.05, 0.1) is 44.8 Å². The molecular weight excluding hydrogens is 696 g/mol. The number of aryl methyl sites for hydroxylation is 1. The zero-order valence-electron chi connectivity index (χ0n) is 25.4. The van der Waals surface area contributed by atoms with Gasteiger partial charge in [0.1, 0.15) is 12.4 Å². The quantitative estimate of drug-likeness (QED) is 0.197. The van der Waals surface area contributed by atoms with E-state index in [1.54, 1.807) is 13.1 Å². The summed E-state index contributed by atoms with van der Waals surface area (Å²) >= 11 is 13.0. The second-order valence-corrected chi connectivity index (χ2v) is 12.6. The minimum atomic E-state index is -4.32. The minimum absolute atomic E-state index is 0.0894. The molecule has 1 saturated heterocycles. The summed E-state index contributed by atoms with van der Waals surface area (Å²) in [5, 5.41) is 8.53. The van der Waals surface area contributed by atoms with Crippen LogP contribution in [0.15, 0.2) is 24.3 Å². The van der Waals surface area contributed by atoms with E-state index in [1.165, 1.54) is 22.8 Å². The normalized spacial score (nSPS) is 19.5. The number of halogens is 9. The van der Waals surface area contributed by atoms with E-state index in [-0.39, 0.29) is 77.3 Å². The molecule has 0 unspecified atom stereocenters. The lowest BCUT2D eigenvalue weighted by Gasteiger charge is -2.30. The number of fused-ring (bicyclic) bond motifs is 1. The summed E-state index contributed by atoms with van der Waals surface area (Å²) < 4.78 is 99.3. The number of benzene rings is 2. The first-order chi connectivity index (χ1) is 22.5. The second-order valence-electron chi connectivity index (χ2n) is 11.8. The number of hydrogen-bond acceptors (Lipinski definition) is 5. The highest BCUT2D eigenvalue weighted by Crippen LogP contribution is 2.39. The number of anilines is 2. The summed E-state index contributed by atoms with van der Waals surface area (Å²) in [6, 6.07) is 4.51. The maximum Gasteiger partial charge on any atom is 0.391 e. The molecule has 0 atom stereocenters. The maximum atomic E-state index is 13.5. The van der Waals surface area contributed by atoms with Crippen LogP contribution in [0.1, 0.15) is 48.0 Å². The molecule has 48 heavy (non-hydrogen) atoms. The highest BCUT2D eigenvalue weighted by molar-refractivity contribution is 6.39. The lowest BCUT2D eigenvalue weighted by atomic mass is 9.85. The van der Waals surface area contributed by atoms with Crippen LogP contribution in [0.5, 0.6) is 5.75 Å². The Labute approximate surface area is 280 Å². The van der Waals surface area contributed by atoms with Crippen LogP contribution in [0.4, 0.5) is 47.2 Å². The summed E-state index contributed by atoms with van der Waals surface area (Å²) in [5.41, 5.74) is 1.08. The van der Waals surface area contributed by atoms with Crippen LogP contribution in [0.2, 0.25) is 10.0 Å². The molecule has 3 aromatic rings. The van der Waals surface area contributed by atoms with Gasteiger partial charge in [0.2, 0.25) is 5.95 Å². The Morgan fingerprint density at radius 1 is 1.12 bits per heavy atom. The number of carbonyl (C=O) groups excluding carboxylic acids is 2. The van der Waals surface area contributed by atoms with Crippen molar-refractivity contribution in [2.45, 2.75) is 63.2 Å². The Morgan fingerprint density at radius 3 is 2.46 bits per heavy atom. The van der Waals surface area contributed by atoms with Crippen molar-refractivity contribution in [3.63, 3.8) is 0 Å². The molecule has 3 amide bonds. The number of nitrogens with zero attached hydrogens (tertiary/aromatic N) is 3. The molecule has 262 valence electrons. The van der Waals surface area contributed by atoms with Crippen molar-refractivity contribution in [1.82, 2.24) is 25.1 Å². The van der Waals surface area contributed by atoms with Crippen LogP contribution in [0.25, 0.3) is 11.0 Å². The third-order valence-corrected chi connectivity index (χ3v) is 9.16. The van der Waals surface area contributed by atoms with Gasteiger partial charge in [0, 0.05) is 38.7 Å². The number of hydrogen-bond donors (Lipinski definition) is 3. The molecule has 0 radical (unpaired) electrons. The molecule has 1 aromatic heterocycles. The van der Waals surface area contributed by atoms with Gasteiger partial charge in [0.25, 0.3) is 18.3 Å². The highest BCUT2D eigenvalue weighted by Gasteiger charge is 2.42. The van der Waals surface area contributed by atoms with Crippen molar-refractivity contribution in [2.75, 3.05) is 25.0 Å². The maximum absolute atomic E-state index is 13.5. The van der Waals surface area contributed by atoms with Gasteiger partial charge in [-0.1, -0.05) is 29.3 Å². The SMILES string of the molecule is Cn1c(Nc2c(Cl)ccc(CNC(=O)N3CCC(F)(F)C3)c2Cl)nc2cc(C(=O)NC3CCC(C(F)(F)F)CC3)c(OCC(F)F)cc21. The Balaban J connectivity index is 1.36. The molecule has 0 bridgehead atoms. The molecule has 5 rings (SSSR count).